The van der Waals surface area contributed by atoms with Crippen molar-refractivity contribution >= 4 is 5.91 Å². The molecule has 0 bridgehead atoms. The Hall–Kier alpha value is -3.29. The number of benzene rings is 1. The number of carbonyl (C=O) groups excluding carboxylic acids is 1. The predicted molar refractivity (Wildman–Crippen MR) is 96.1 cm³/mol. The van der Waals surface area contributed by atoms with Crippen LogP contribution in [0.1, 0.15) is 6.92 Å². The third kappa shape index (κ3) is 4.41. The highest BCUT2D eigenvalue weighted by Crippen LogP contribution is 2.13. The van der Waals surface area contributed by atoms with E-state index in [1.165, 1.54) is 17.1 Å². The Balaban J connectivity index is 1.57. The smallest absolute Gasteiger partial charge is 0.266 e. The van der Waals surface area contributed by atoms with E-state index >= 15 is 0 Å². The molecule has 0 spiro atoms. The summed E-state index contributed by atoms with van der Waals surface area (Å²) in [6.07, 6.45) is 3.00. The van der Waals surface area contributed by atoms with Crippen LogP contribution in [0.15, 0.2) is 59.9 Å². The fourth-order valence-electron chi connectivity index (χ4n) is 2.52. The van der Waals surface area contributed by atoms with E-state index in [0.717, 1.165) is 11.3 Å². The van der Waals surface area contributed by atoms with Gasteiger partial charge in [0.2, 0.25) is 5.91 Å². The fraction of sp³-hybridized carbons (Fsp3) is 0.278. The maximum Gasteiger partial charge on any atom is 0.266 e. The second kappa shape index (κ2) is 8.19. The summed E-state index contributed by atoms with van der Waals surface area (Å²) in [5.41, 5.74) is 1.46. The summed E-state index contributed by atoms with van der Waals surface area (Å²) in [7, 11) is 0. The van der Waals surface area contributed by atoms with Crippen molar-refractivity contribution in [3.05, 3.63) is 65.5 Å². The Labute approximate surface area is 150 Å². The van der Waals surface area contributed by atoms with Crippen molar-refractivity contribution in [3.63, 3.8) is 0 Å². The van der Waals surface area contributed by atoms with Gasteiger partial charge in [-0.1, -0.05) is 37.3 Å². The summed E-state index contributed by atoms with van der Waals surface area (Å²) in [4.78, 5) is 28.0. The summed E-state index contributed by atoms with van der Waals surface area (Å²) in [5.74, 6) is -0.357. The van der Waals surface area contributed by atoms with Crippen LogP contribution in [0.3, 0.4) is 0 Å². The van der Waals surface area contributed by atoms with Gasteiger partial charge in [-0.3, -0.25) is 14.3 Å². The van der Waals surface area contributed by atoms with Crippen molar-refractivity contribution in [2.45, 2.75) is 20.0 Å². The van der Waals surface area contributed by atoms with Crippen molar-refractivity contribution in [1.82, 2.24) is 29.9 Å². The van der Waals surface area contributed by atoms with Crippen LogP contribution in [0.2, 0.25) is 0 Å². The van der Waals surface area contributed by atoms with Crippen LogP contribution >= 0.6 is 0 Å². The zero-order chi connectivity index (χ0) is 18.4. The maximum atomic E-state index is 12.2. The van der Waals surface area contributed by atoms with Gasteiger partial charge in [-0.15, -0.1) is 0 Å². The van der Waals surface area contributed by atoms with Crippen molar-refractivity contribution in [3.8, 4) is 11.3 Å². The van der Waals surface area contributed by atoms with Crippen LogP contribution in [0.5, 0.6) is 0 Å². The molecule has 8 nitrogen and oxygen atoms in total. The highest BCUT2D eigenvalue weighted by Gasteiger charge is 2.13. The van der Waals surface area contributed by atoms with Crippen LogP contribution in [-0.2, 0) is 17.9 Å². The molecule has 0 fully saturated rings. The van der Waals surface area contributed by atoms with Gasteiger partial charge in [-0.25, -0.2) is 9.67 Å². The minimum atomic E-state index is -0.253. The van der Waals surface area contributed by atoms with Gasteiger partial charge in [0.05, 0.1) is 24.7 Å². The lowest BCUT2D eigenvalue weighted by molar-refractivity contribution is -0.125. The molecule has 0 saturated heterocycles. The molecule has 3 rings (SSSR count). The van der Waals surface area contributed by atoms with Gasteiger partial charge in [0.15, 0.2) is 0 Å². The molecule has 0 radical (unpaired) electrons. The second-order valence-corrected chi connectivity index (χ2v) is 5.96. The molecule has 134 valence electrons. The van der Waals surface area contributed by atoms with Gasteiger partial charge < -0.3 is 5.32 Å². The maximum absolute atomic E-state index is 12.2. The van der Waals surface area contributed by atoms with E-state index in [9.17, 15) is 9.59 Å². The second-order valence-electron chi connectivity index (χ2n) is 5.96. The van der Waals surface area contributed by atoms with Crippen LogP contribution in [0.4, 0.5) is 0 Å². The molecular formula is C18H20N6O2. The molecule has 1 N–H and O–H groups in total. The van der Waals surface area contributed by atoms with Crippen molar-refractivity contribution < 1.29 is 4.79 Å². The third-order valence-corrected chi connectivity index (χ3v) is 3.93. The first-order chi connectivity index (χ1) is 12.6. The number of hydrogen-bond donors (Lipinski definition) is 1. The number of carbonyl (C=O) groups is 1. The average molecular weight is 352 g/mol. The number of amides is 1. The standard InChI is InChI=1S/C18H20N6O2/c1-14(11-23-13-19-12-21-23)18(26)20-9-10-24-17(25)8-7-16(22-24)15-5-3-2-4-6-15/h2-8,12-14H,9-11H2,1H3,(H,20,26). The highest BCUT2D eigenvalue weighted by molar-refractivity contribution is 5.78. The first-order valence-corrected chi connectivity index (χ1v) is 8.37. The van der Waals surface area contributed by atoms with E-state index in [-0.39, 0.29) is 17.4 Å². The van der Waals surface area contributed by atoms with E-state index in [2.05, 4.69) is 20.5 Å². The average Bonchev–Trinajstić information content (AvgIpc) is 3.17. The van der Waals surface area contributed by atoms with E-state index in [1.54, 1.807) is 17.1 Å². The molecule has 1 atom stereocenters. The number of nitrogens with zero attached hydrogens (tertiary/aromatic N) is 5. The van der Waals surface area contributed by atoms with Gasteiger partial charge in [0.1, 0.15) is 12.7 Å². The Morgan fingerprint density at radius 2 is 2.00 bits per heavy atom. The number of hydrogen-bond acceptors (Lipinski definition) is 5. The van der Waals surface area contributed by atoms with Gasteiger partial charge in [0, 0.05) is 18.2 Å². The van der Waals surface area contributed by atoms with Gasteiger partial charge in [-0.2, -0.15) is 10.2 Å². The molecule has 26 heavy (non-hydrogen) atoms. The van der Waals surface area contributed by atoms with Gasteiger partial charge in [0.25, 0.3) is 5.56 Å². The number of nitrogens with one attached hydrogen (secondary N) is 1. The lowest BCUT2D eigenvalue weighted by Crippen LogP contribution is -2.36. The summed E-state index contributed by atoms with van der Waals surface area (Å²) in [6, 6.07) is 12.8. The molecule has 1 amide bonds. The molecule has 2 heterocycles. The molecular weight excluding hydrogens is 332 g/mol. The Kier molecular flexibility index (Phi) is 5.52. The molecule has 8 heteroatoms. The molecule has 3 aromatic rings. The first kappa shape index (κ1) is 17.5. The van der Waals surface area contributed by atoms with E-state index < -0.39 is 0 Å². The molecule has 0 aliphatic carbocycles. The van der Waals surface area contributed by atoms with Crippen LogP contribution in [0.25, 0.3) is 11.3 Å². The third-order valence-electron chi connectivity index (χ3n) is 3.93. The molecule has 0 aliphatic heterocycles. The van der Waals surface area contributed by atoms with Crippen molar-refractivity contribution in [2.24, 2.45) is 5.92 Å². The quantitative estimate of drug-likeness (QED) is 0.683. The lowest BCUT2D eigenvalue weighted by Gasteiger charge is -2.12. The molecule has 0 aliphatic rings. The summed E-state index contributed by atoms with van der Waals surface area (Å²) in [5, 5.41) is 11.2. The number of aromatic nitrogens is 5. The minimum Gasteiger partial charge on any atom is -0.354 e. The Morgan fingerprint density at radius 3 is 2.73 bits per heavy atom. The summed E-state index contributed by atoms with van der Waals surface area (Å²) >= 11 is 0. The van der Waals surface area contributed by atoms with Gasteiger partial charge in [-0.05, 0) is 6.07 Å². The van der Waals surface area contributed by atoms with Crippen molar-refractivity contribution in [2.75, 3.05) is 6.54 Å². The summed E-state index contributed by atoms with van der Waals surface area (Å²) in [6.45, 7) is 2.90. The zero-order valence-corrected chi connectivity index (χ0v) is 14.4. The van der Waals surface area contributed by atoms with Crippen LogP contribution < -0.4 is 10.9 Å². The predicted octanol–water partition coefficient (Wildman–Crippen LogP) is 0.954. The van der Waals surface area contributed by atoms with E-state index in [1.807, 2.05) is 37.3 Å². The minimum absolute atomic E-state index is 0.104. The van der Waals surface area contributed by atoms with Crippen LogP contribution in [0, 0.1) is 5.92 Å². The lowest BCUT2D eigenvalue weighted by atomic mass is 10.1. The monoisotopic (exact) mass is 352 g/mol. The van der Waals surface area contributed by atoms with E-state index in [0.29, 0.717) is 19.6 Å². The molecule has 1 aromatic carbocycles. The normalized spacial score (nSPS) is 11.9. The first-order valence-electron chi connectivity index (χ1n) is 8.37. The molecule has 2 aromatic heterocycles. The fourth-order valence-corrected chi connectivity index (χ4v) is 2.52. The zero-order valence-electron chi connectivity index (χ0n) is 14.4. The topological polar surface area (TPSA) is 94.7 Å². The van der Waals surface area contributed by atoms with E-state index in [4.69, 9.17) is 0 Å². The molecule has 1 unspecified atom stereocenters. The largest absolute Gasteiger partial charge is 0.354 e. The molecule has 0 saturated carbocycles. The van der Waals surface area contributed by atoms with Crippen LogP contribution in [-0.4, -0.2) is 37.0 Å². The van der Waals surface area contributed by atoms with Gasteiger partial charge >= 0.3 is 0 Å². The van der Waals surface area contributed by atoms with Crippen molar-refractivity contribution in [1.29, 1.82) is 0 Å². The number of rotatable bonds is 7. The highest BCUT2D eigenvalue weighted by atomic mass is 16.2. The Bertz CT molecular complexity index is 905. The summed E-state index contributed by atoms with van der Waals surface area (Å²) < 4.78 is 2.98. The SMILES string of the molecule is CC(Cn1cncn1)C(=O)NCCn1nc(-c2ccccc2)ccc1=O. The Morgan fingerprint density at radius 1 is 1.19 bits per heavy atom.